The van der Waals surface area contributed by atoms with Crippen molar-refractivity contribution < 1.29 is 13.9 Å². The van der Waals surface area contributed by atoms with Gasteiger partial charge in [0.25, 0.3) is 0 Å². The standard InChI is InChI=1S/C20H18ClFN4O2/c1-28-19-5-2-13(8-17(19)22)25-18-6-7-26(20(18)27)14-3-4-15(16(21)9-14)12-10-23-24-11-12/h2-5,8-11,18,25H,6-7H2,1H3,(H,23,24). The molecule has 1 aromatic heterocycles. The first-order valence-electron chi connectivity index (χ1n) is 8.77. The van der Waals surface area contributed by atoms with Gasteiger partial charge in [-0.3, -0.25) is 9.89 Å². The highest BCUT2D eigenvalue weighted by atomic mass is 35.5. The summed E-state index contributed by atoms with van der Waals surface area (Å²) in [5, 5.41) is 10.3. The summed E-state index contributed by atoms with van der Waals surface area (Å²) in [6, 6.07) is 9.62. The maximum absolute atomic E-state index is 13.9. The molecule has 0 saturated carbocycles. The van der Waals surface area contributed by atoms with Gasteiger partial charge in [0.2, 0.25) is 5.91 Å². The monoisotopic (exact) mass is 400 g/mol. The zero-order valence-electron chi connectivity index (χ0n) is 15.1. The molecule has 2 N–H and O–H groups in total. The molecule has 1 saturated heterocycles. The Morgan fingerprint density at radius 2 is 2.18 bits per heavy atom. The number of benzene rings is 2. The molecule has 4 rings (SSSR count). The molecule has 1 unspecified atom stereocenters. The molecule has 0 aliphatic carbocycles. The molecule has 8 heteroatoms. The first-order valence-corrected chi connectivity index (χ1v) is 9.15. The number of nitrogens with zero attached hydrogens (tertiary/aromatic N) is 2. The summed E-state index contributed by atoms with van der Waals surface area (Å²) in [5.74, 6) is -0.392. The van der Waals surface area contributed by atoms with Crippen molar-refractivity contribution in [3.63, 3.8) is 0 Å². The Balaban J connectivity index is 1.50. The molecule has 2 aromatic carbocycles. The van der Waals surface area contributed by atoms with Crippen LogP contribution in [0.3, 0.4) is 0 Å². The number of H-pyrrole nitrogens is 1. The number of methoxy groups -OCH3 is 1. The summed E-state index contributed by atoms with van der Waals surface area (Å²) < 4.78 is 18.8. The van der Waals surface area contributed by atoms with Crippen LogP contribution in [0.1, 0.15) is 6.42 Å². The average Bonchev–Trinajstić information content (AvgIpc) is 3.33. The van der Waals surface area contributed by atoms with Crippen molar-refractivity contribution in [2.75, 3.05) is 23.9 Å². The predicted molar refractivity (Wildman–Crippen MR) is 106 cm³/mol. The van der Waals surface area contributed by atoms with E-state index >= 15 is 0 Å². The first-order chi connectivity index (χ1) is 13.6. The minimum atomic E-state index is -0.476. The molecule has 1 aliphatic heterocycles. The molecular formula is C20H18ClFN4O2. The van der Waals surface area contributed by atoms with Gasteiger partial charge in [-0.25, -0.2) is 4.39 Å². The molecule has 1 aliphatic rings. The Labute approximate surface area is 166 Å². The van der Waals surface area contributed by atoms with Crippen molar-refractivity contribution in [2.24, 2.45) is 0 Å². The highest BCUT2D eigenvalue weighted by molar-refractivity contribution is 6.33. The Kier molecular flexibility index (Phi) is 4.92. The number of amides is 1. The molecule has 0 spiro atoms. The minimum Gasteiger partial charge on any atom is -0.494 e. The molecule has 2 heterocycles. The van der Waals surface area contributed by atoms with Crippen LogP contribution in [0.5, 0.6) is 5.75 Å². The second-order valence-corrected chi connectivity index (χ2v) is 6.88. The van der Waals surface area contributed by atoms with E-state index in [1.165, 1.54) is 19.2 Å². The second kappa shape index (κ2) is 7.52. The smallest absolute Gasteiger partial charge is 0.249 e. The predicted octanol–water partition coefficient (Wildman–Crippen LogP) is 4.10. The molecule has 1 atom stereocenters. The number of rotatable bonds is 5. The maximum atomic E-state index is 13.9. The molecular weight excluding hydrogens is 383 g/mol. The van der Waals surface area contributed by atoms with E-state index in [1.54, 1.807) is 29.4 Å². The zero-order chi connectivity index (χ0) is 19.7. The molecule has 28 heavy (non-hydrogen) atoms. The van der Waals surface area contributed by atoms with Crippen LogP contribution in [0.25, 0.3) is 11.1 Å². The largest absolute Gasteiger partial charge is 0.494 e. The van der Waals surface area contributed by atoms with Crippen LogP contribution in [0, 0.1) is 5.82 Å². The Morgan fingerprint density at radius 3 is 2.86 bits per heavy atom. The molecule has 1 amide bonds. The topological polar surface area (TPSA) is 70.2 Å². The van der Waals surface area contributed by atoms with Crippen molar-refractivity contribution in [2.45, 2.75) is 12.5 Å². The molecule has 0 bridgehead atoms. The molecule has 6 nitrogen and oxygen atoms in total. The number of ether oxygens (including phenoxy) is 1. The number of carbonyl (C=O) groups is 1. The van der Waals surface area contributed by atoms with E-state index in [1.807, 2.05) is 12.1 Å². The van der Waals surface area contributed by atoms with Crippen molar-refractivity contribution in [3.05, 3.63) is 59.6 Å². The van der Waals surface area contributed by atoms with E-state index < -0.39 is 11.9 Å². The number of aromatic nitrogens is 2. The minimum absolute atomic E-state index is 0.0802. The fraction of sp³-hybridized carbons (Fsp3) is 0.200. The van der Waals surface area contributed by atoms with Crippen LogP contribution in [0.4, 0.5) is 15.8 Å². The van der Waals surface area contributed by atoms with Gasteiger partial charge in [0.05, 0.1) is 18.3 Å². The van der Waals surface area contributed by atoms with Crippen molar-refractivity contribution >= 4 is 28.9 Å². The van der Waals surface area contributed by atoms with E-state index in [4.69, 9.17) is 16.3 Å². The lowest BCUT2D eigenvalue weighted by Gasteiger charge is -2.19. The summed E-state index contributed by atoms with van der Waals surface area (Å²) >= 11 is 6.41. The molecule has 3 aromatic rings. The van der Waals surface area contributed by atoms with E-state index in [9.17, 15) is 9.18 Å². The zero-order valence-corrected chi connectivity index (χ0v) is 15.8. The van der Waals surface area contributed by atoms with Crippen molar-refractivity contribution in [1.82, 2.24) is 10.2 Å². The number of hydrogen-bond acceptors (Lipinski definition) is 4. The lowest BCUT2D eigenvalue weighted by atomic mass is 10.1. The summed E-state index contributed by atoms with van der Waals surface area (Å²) in [4.78, 5) is 14.5. The van der Waals surface area contributed by atoms with Crippen LogP contribution in [0.2, 0.25) is 5.02 Å². The van der Waals surface area contributed by atoms with Gasteiger partial charge < -0.3 is 15.0 Å². The van der Waals surface area contributed by atoms with Gasteiger partial charge in [-0.1, -0.05) is 17.7 Å². The molecule has 1 fully saturated rings. The normalized spacial score (nSPS) is 16.5. The third kappa shape index (κ3) is 3.41. The van der Waals surface area contributed by atoms with Crippen molar-refractivity contribution in [3.8, 4) is 16.9 Å². The SMILES string of the molecule is COc1ccc(NC2CCN(c3ccc(-c4cn[nH]c4)c(Cl)c3)C2=O)cc1F. The van der Waals surface area contributed by atoms with Gasteiger partial charge >= 0.3 is 0 Å². The summed E-state index contributed by atoms with van der Waals surface area (Å²) in [5.41, 5.74) is 2.99. The molecule has 0 radical (unpaired) electrons. The number of aromatic amines is 1. The summed E-state index contributed by atoms with van der Waals surface area (Å²) in [7, 11) is 1.41. The fourth-order valence-corrected chi connectivity index (χ4v) is 3.62. The van der Waals surface area contributed by atoms with Gasteiger partial charge in [0, 0.05) is 41.3 Å². The lowest BCUT2D eigenvalue weighted by molar-refractivity contribution is -0.117. The number of halogens is 2. The highest BCUT2D eigenvalue weighted by Gasteiger charge is 2.33. The van der Waals surface area contributed by atoms with Gasteiger partial charge in [0.15, 0.2) is 11.6 Å². The number of carbonyl (C=O) groups excluding carboxylic acids is 1. The third-order valence-electron chi connectivity index (χ3n) is 4.77. The Bertz CT molecular complexity index is 1010. The van der Waals surface area contributed by atoms with Crippen LogP contribution in [-0.4, -0.2) is 35.8 Å². The quantitative estimate of drug-likeness (QED) is 0.676. The van der Waals surface area contributed by atoms with E-state index in [-0.39, 0.29) is 11.7 Å². The second-order valence-electron chi connectivity index (χ2n) is 6.48. The van der Waals surface area contributed by atoms with Gasteiger partial charge in [-0.05, 0) is 30.7 Å². The third-order valence-corrected chi connectivity index (χ3v) is 5.08. The van der Waals surface area contributed by atoms with Crippen molar-refractivity contribution in [1.29, 1.82) is 0 Å². The van der Waals surface area contributed by atoms with E-state index in [0.717, 1.165) is 16.8 Å². The van der Waals surface area contributed by atoms with Crippen LogP contribution < -0.4 is 15.0 Å². The number of anilines is 2. The van der Waals surface area contributed by atoms with Crippen LogP contribution in [-0.2, 0) is 4.79 Å². The summed E-state index contributed by atoms with van der Waals surface area (Å²) in [6.45, 7) is 0.552. The summed E-state index contributed by atoms with van der Waals surface area (Å²) in [6.07, 6.45) is 4.05. The number of hydrogen-bond donors (Lipinski definition) is 2. The molecule has 144 valence electrons. The highest BCUT2D eigenvalue weighted by Crippen LogP contribution is 2.33. The van der Waals surface area contributed by atoms with Gasteiger partial charge in [-0.2, -0.15) is 5.10 Å². The maximum Gasteiger partial charge on any atom is 0.249 e. The van der Waals surface area contributed by atoms with E-state index in [2.05, 4.69) is 15.5 Å². The van der Waals surface area contributed by atoms with Gasteiger partial charge in [-0.15, -0.1) is 0 Å². The Hall–Kier alpha value is -3.06. The number of nitrogens with one attached hydrogen (secondary N) is 2. The average molecular weight is 401 g/mol. The van der Waals surface area contributed by atoms with Crippen LogP contribution >= 0.6 is 11.6 Å². The Morgan fingerprint density at radius 1 is 1.32 bits per heavy atom. The van der Waals surface area contributed by atoms with Gasteiger partial charge in [0.1, 0.15) is 6.04 Å². The first kappa shape index (κ1) is 18.3. The van der Waals surface area contributed by atoms with E-state index in [0.29, 0.717) is 23.7 Å². The van der Waals surface area contributed by atoms with Crippen LogP contribution in [0.15, 0.2) is 48.8 Å². The lowest BCUT2D eigenvalue weighted by Crippen LogP contribution is -2.33. The fourth-order valence-electron chi connectivity index (χ4n) is 3.33.